The number of aliphatic carboxylic acids is 1. The average molecular weight is 253 g/mol. The summed E-state index contributed by atoms with van der Waals surface area (Å²) in [6, 6.07) is -0.745. The predicted octanol–water partition coefficient (Wildman–Crippen LogP) is 0.275. The van der Waals surface area contributed by atoms with Crippen LogP contribution >= 0.6 is 24.0 Å². The largest absolute Gasteiger partial charge is 0.477 e. The maximum Gasteiger partial charge on any atom is 0.353 e. The summed E-state index contributed by atoms with van der Waals surface area (Å²) in [5, 5.41) is 9.09. The number of carboxylic acid groups (broad SMARTS) is 1. The van der Waals surface area contributed by atoms with Gasteiger partial charge < -0.3 is 10.8 Å². The molecular weight excluding hydrogens is 243 g/mol. The van der Waals surface area contributed by atoms with Gasteiger partial charge in [0.05, 0.1) is 6.04 Å². The smallest absolute Gasteiger partial charge is 0.353 e. The molecule has 3 N–H and O–H groups in total. The van der Waals surface area contributed by atoms with Crippen LogP contribution in [0.4, 0.5) is 0 Å². The average Bonchev–Trinajstić information content (AvgIpc) is 2.15. The molecule has 15 heavy (non-hydrogen) atoms. The first-order chi connectivity index (χ1) is 6.54. The fourth-order valence-electron chi connectivity index (χ4n) is 1.89. The van der Waals surface area contributed by atoms with E-state index in [1.165, 1.54) is 4.90 Å². The number of carboxylic acids is 1. The molecule has 5 nitrogen and oxygen atoms in total. The molecule has 0 spiro atoms. The summed E-state index contributed by atoms with van der Waals surface area (Å²) < 4.78 is 0. The standard InChI is InChI=1S/C8H9ClN2O3.ClH/c9-3-1-2-4-5(10)7(12)11(4)6(3)8(13)14;/h4-5H,1-2,10H2,(H,13,14);1H. The minimum Gasteiger partial charge on any atom is -0.477 e. The fraction of sp³-hybridized carbons (Fsp3) is 0.500. The van der Waals surface area contributed by atoms with Crippen LogP contribution in [0.1, 0.15) is 12.8 Å². The Morgan fingerprint density at radius 1 is 1.60 bits per heavy atom. The molecule has 2 rings (SSSR count). The summed E-state index contributed by atoms with van der Waals surface area (Å²) in [6.07, 6.45) is 1.12. The van der Waals surface area contributed by atoms with Gasteiger partial charge in [0, 0.05) is 5.03 Å². The van der Waals surface area contributed by atoms with Gasteiger partial charge in [-0.1, -0.05) is 11.6 Å². The molecule has 2 unspecified atom stereocenters. The Morgan fingerprint density at radius 2 is 2.20 bits per heavy atom. The number of hydrogen-bond acceptors (Lipinski definition) is 3. The van der Waals surface area contributed by atoms with Crippen LogP contribution in [0.5, 0.6) is 0 Å². The summed E-state index contributed by atoms with van der Waals surface area (Å²) in [7, 11) is 0. The Bertz CT molecular complexity index is 356. The molecule has 1 fully saturated rings. The number of β-lactam (4-membered cyclic amide) rings is 1. The zero-order valence-electron chi connectivity index (χ0n) is 7.64. The second-order valence-electron chi connectivity index (χ2n) is 3.40. The maximum atomic E-state index is 11.3. The monoisotopic (exact) mass is 252 g/mol. The Hall–Kier alpha value is -0.780. The van der Waals surface area contributed by atoms with Crippen molar-refractivity contribution in [2.45, 2.75) is 24.9 Å². The Balaban J connectivity index is 0.00000112. The second-order valence-corrected chi connectivity index (χ2v) is 3.85. The first kappa shape index (κ1) is 12.3. The van der Waals surface area contributed by atoms with E-state index < -0.39 is 12.0 Å². The van der Waals surface area contributed by atoms with Crippen LogP contribution in [0.25, 0.3) is 0 Å². The van der Waals surface area contributed by atoms with E-state index >= 15 is 0 Å². The zero-order chi connectivity index (χ0) is 10.5. The van der Waals surface area contributed by atoms with Gasteiger partial charge in [0.25, 0.3) is 0 Å². The molecular formula is C8H10Cl2N2O3. The molecule has 0 aromatic carbocycles. The maximum absolute atomic E-state index is 11.3. The van der Waals surface area contributed by atoms with Crippen molar-refractivity contribution in [3.05, 3.63) is 10.7 Å². The second kappa shape index (κ2) is 4.00. The highest BCUT2D eigenvalue weighted by Gasteiger charge is 2.50. The zero-order valence-corrected chi connectivity index (χ0v) is 9.22. The number of rotatable bonds is 1. The van der Waals surface area contributed by atoms with Crippen LogP contribution in [-0.2, 0) is 9.59 Å². The Labute approximate surface area is 97.3 Å². The van der Waals surface area contributed by atoms with Crippen LogP contribution in [0.15, 0.2) is 10.7 Å². The normalized spacial score (nSPS) is 29.2. The molecule has 0 aromatic heterocycles. The molecule has 0 saturated carbocycles. The molecule has 2 heterocycles. The summed E-state index contributed by atoms with van der Waals surface area (Å²) in [4.78, 5) is 23.3. The van der Waals surface area contributed by atoms with Gasteiger partial charge in [0.2, 0.25) is 5.91 Å². The lowest BCUT2D eigenvalue weighted by molar-refractivity contribution is -0.152. The van der Waals surface area contributed by atoms with Crippen LogP contribution in [-0.4, -0.2) is 34.0 Å². The van der Waals surface area contributed by atoms with Crippen molar-refractivity contribution in [2.75, 3.05) is 0 Å². The Kier molecular flexibility index (Phi) is 3.28. The van der Waals surface area contributed by atoms with Gasteiger partial charge in [-0.2, -0.15) is 0 Å². The van der Waals surface area contributed by atoms with Gasteiger partial charge in [-0.3, -0.25) is 9.69 Å². The minimum absolute atomic E-state index is 0. The minimum atomic E-state index is -1.17. The highest BCUT2D eigenvalue weighted by Crippen LogP contribution is 2.36. The summed E-state index contributed by atoms with van der Waals surface area (Å²) in [5.74, 6) is -1.52. The van der Waals surface area contributed by atoms with Crippen molar-refractivity contribution in [2.24, 2.45) is 5.73 Å². The van der Waals surface area contributed by atoms with Crippen molar-refractivity contribution in [1.29, 1.82) is 0 Å². The van der Waals surface area contributed by atoms with Crippen molar-refractivity contribution in [3.8, 4) is 0 Å². The van der Waals surface area contributed by atoms with Crippen LogP contribution in [0.3, 0.4) is 0 Å². The topological polar surface area (TPSA) is 83.6 Å². The van der Waals surface area contributed by atoms with Gasteiger partial charge in [0.1, 0.15) is 11.7 Å². The van der Waals surface area contributed by atoms with Crippen molar-refractivity contribution in [3.63, 3.8) is 0 Å². The third-order valence-corrected chi connectivity index (χ3v) is 3.00. The number of fused-ring (bicyclic) bond motifs is 1. The SMILES string of the molecule is Cl.NC1C(=O)N2C(C(=O)O)=C(Cl)CCC12. The van der Waals surface area contributed by atoms with Gasteiger partial charge in [-0.15, -0.1) is 12.4 Å². The summed E-state index contributed by atoms with van der Waals surface area (Å²) in [5.41, 5.74) is 5.43. The molecule has 0 aliphatic carbocycles. The lowest BCUT2D eigenvalue weighted by Crippen LogP contribution is -2.69. The van der Waals surface area contributed by atoms with E-state index in [0.717, 1.165) is 0 Å². The van der Waals surface area contributed by atoms with E-state index in [4.69, 9.17) is 22.4 Å². The predicted molar refractivity (Wildman–Crippen MR) is 55.6 cm³/mol. The first-order valence-corrected chi connectivity index (χ1v) is 4.62. The summed E-state index contributed by atoms with van der Waals surface area (Å²) >= 11 is 5.75. The molecule has 0 bridgehead atoms. The molecule has 84 valence electrons. The van der Waals surface area contributed by atoms with E-state index in [1.54, 1.807) is 0 Å². The van der Waals surface area contributed by atoms with Gasteiger partial charge >= 0.3 is 5.97 Å². The molecule has 2 aliphatic rings. The molecule has 0 aromatic rings. The van der Waals surface area contributed by atoms with Crippen LogP contribution in [0.2, 0.25) is 0 Å². The molecule has 7 heteroatoms. The number of halogens is 2. The quantitative estimate of drug-likeness (QED) is 0.657. The highest BCUT2D eigenvalue weighted by atomic mass is 35.5. The van der Waals surface area contributed by atoms with Crippen molar-refractivity contribution >= 4 is 35.9 Å². The molecule has 1 amide bonds. The number of carbonyl (C=O) groups is 2. The van der Waals surface area contributed by atoms with Crippen LogP contribution in [0, 0.1) is 0 Å². The summed E-state index contributed by atoms with van der Waals surface area (Å²) in [6.45, 7) is 0. The first-order valence-electron chi connectivity index (χ1n) is 4.24. The fourth-order valence-corrected chi connectivity index (χ4v) is 2.18. The molecule has 1 saturated heterocycles. The van der Waals surface area contributed by atoms with E-state index in [1.807, 2.05) is 0 Å². The van der Waals surface area contributed by atoms with Crippen LogP contribution < -0.4 is 5.73 Å². The van der Waals surface area contributed by atoms with Crippen molar-refractivity contribution in [1.82, 2.24) is 4.90 Å². The van der Waals surface area contributed by atoms with Gasteiger partial charge in [-0.25, -0.2) is 4.79 Å². The van der Waals surface area contributed by atoms with Gasteiger partial charge in [0.15, 0.2) is 0 Å². The van der Waals surface area contributed by atoms with Gasteiger partial charge in [-0.05, 0) is 12.8 Å². The third kappa shape index (κ3) is 1.60. The number of amides is 1. The number of hydrogen-bond donors (Lipinski definition) is 2. The highest BCUT2D eigenvalue weighted by molar-refractivity contribution is 6.32. The number of nitrogens with zero attached hydrogens (tertiary/aromatic N) is 1. The van der Waals surface area contributed by atoms with E-state index in [-0.39, 0.29) is 35.1 Å². The van der Waals surface area contributed by atoms with E-state index in [2.05, 4.69) is 0 Å². The number of allylic oxidation sites excluding steroid dienone is 1. The van der Waals surface area contributed by atoms with E-state index in [9.17, 15) is 9.59 Å². The number of carbonyl (C=O) groups excluding carboxylic acids is 1. The van der Waals surface area contributed by atoms with Crippen molar-refractivity contribution < 1.29 is 14.7 Å². The molecule has 2 atom stereocenters. The Morgan fingerprint density at radius 3 is 2.73 bits per heavy atom. The number of nitrogens with two attached hydrogens (primary N) is 1. The molecule has 2 aliphatic heterocycles. The lowest BCUT2D eigenvalue weighted by Gasteiger charge is -2.47. The lowest BCUT2D eigenvalue weighted by atomic mass is 9.87. The third-order valence-electron chi connectivity index (χ3n) is 2.63. The van der Waals surface area contributed by atoms with E-state index in [0.29, 0.717) is 12.8 Å². The molecule has 0 radical (unpaired) electrons.